The second kappa shape index (κ2) is 7.16. The molecule has 0 unspecified atom stereocenters. The number of hydrogen-bond donors (Lipinski definition) is 0. The van der Waals surface area contributed by atoms with Gasteiger partial charge in [0.05, 0.1) is 16.7 Å². The van der Waals surface area contributed by atoms with Crippen LogP contribution in [0, 0.1) is 6.92 Å². The molecular weight excluding hydrogens is 424 g/mol. The Balaban J connectivity index is 1.60. The van der Waals surface area contributed by atoms with E-state index in [-0.39, 0.29) is 5.41 Å². The van der Waals surface area contributed by atoms with Crippen molar-refractivity contribution >= 4 is 21.8 Å². The van der Waals surface area contributed by atoms with Gasteiger partial charge in [0.1, 0.15) is 0 Å². The van der Waals surface area contributed by atoms with Gasteiger partial charge in [-0.1, -0.05) is 74.5 Å². The molecule has 0 spiro atoms. The smallest absolute Gasteiger partial charge is 0.0702 e. The fourth-order valence-electron chi connectivity index (χ4n) is 6.09. The highest BCUT2D eigenvalue weighted by Gasteiger charge is 2.38. The molecule has 0 radical (unpaired) electrons. The summed E-state index contributed by atoms with van der Waals surface area (Å²) in [7, 11) is 0. The molecule has 1 aliphatic rings. The van der Waals surface area contributed by atoms with Crippen molar-refractivity contribution < 1.29 is 0 Å². The molecule has 0 saturated carbocycles. The summed E-state index contributed by atoms with van der Waals surface area (Å²) >= 11 is 0. The minimum atomic E-state index is -0.122. The minimum absolute atomic E-state index is 0.122. The molecule has 0 N–H and O–H groups in total. The molecule has 35 heavy (non-hydrogen) atoms. The number of para-hydroxylation sites is 1. The summed E-state index contributed by atoms with van der Waals surface area (Å²) in [5.74, 6) is 0. The highest BCUT2D eigenvalue weighted by molar-refractivity contribution is 6.13. The maximum absolute atomic E-state index is 4.60. The number of aryl methyl sites for hydroxylation is 1. The Kier molecular flexibility index (Phi) is 4.14. The third kappa shape index (κ3) is 2.80. The van der Waals surface area contributed by atoms with E-state index in [1.54, 1.807) is 0 Å². The number of hydrogen-bond acceptors (Lipinski definition) is 1. The predicted octanol–water partition coefficient (Wildman–Crippen LogP) is 8.46. The lowest BCUT2D eigenvalue weighted by Crippen LogP contribution is -2.16. The quantitative estimate of drug-likeness (QED) is 0.259. The molecule has 0 bridgehead atoms. The normalized spacial score (nSPS) is 13.8. The molecule has 2 nitrogen and oxygen atoms in total. The Morgan fingerprint density at radius 3 is 2.40 bits per heavy atom. The number of nitrogens with zero attached hydrogens (tertiary/aromatic N) is 2. The molecule has 0 atom stereocenters. The molecule has 0 amide bonds. The van der Waals surface area contributed by atoms with Gasteiger partial charge < -0.3 is 4.57 Å². The van der Waals surface area contributed by atoms with Gasteiger partial charge in [0.15, 0.2) is 0 Å². The largest absolute Gasteiger partial charge is 0.309 e. The summed E-state index contributed by atoms with van der Waals surface area (Å²) in [6.45, 7) is 6.91. The van der Waals surface area contributed by atoms with Gasteiger partial charge in [-0.25, -0.2) is 0 Å². The standard InChI is InChI=1S/C33H26N2/c1-21-9-8-10-23(19-21)35-30-13-5-4-11-24(30)26-16-15-25-27-20-22(29-12-6-7-18-34-29)14-17-28(27)33(2,3)31(25)32(26)35/h4-20H,1-3H3. The molecule has 2 aromatic heterocycles. The average molecular weight is 451 g/mol. The highest BCUT2D eigenvalue weighted by atomic mass is 15.0. The lowest BCUT2D eigenvalue weighted by Gasteiger charge is -2.24. The zero-order chi connectivity index (χ0) is 23.7. The molecule has 168 valence electrons. The number of aromatic nitrogens is 2. The zero-order valence-electron chi connectivity index (χ0n) is 20.2. The van der Waals surface area contributed by atoms with Gasteiger partial charge in [-0.2, -0.15) is 0 Å². The summed E-state index contributed by atoms with van der Waals surface area (Å²) < 4.78 is 2.48. The van der Waals surface area contributed by atoms with Crippen LogP contribution < -0.4 is 0 Å². The van der Waals surface area contributed by atoms with Crippen LogP contribution in [0.2, 0.25) is 0 Å². The molecule has 2 heterocycles. The molecule has 0 aliphatic heterocycles. The van der Waals surface area contributed by atoms with Gasteiger partial charge in [0, 0.05) is 33.6 Å². The Morgan fingerprint density at radius 1 is 0.714 bits per heavy atom. The second-order valence-electron chi connectivity index (χ2n) is 10.2. The molecule has 6 aromatic rings. The topological polar surface area (TPSA) is 17.8 Å². The van der Waals surface area contributed by atoms with Crippen LogP contribution in [0.25, 0.3) is 49.9 Å². The Bertz CT molecular complexity index is 1770. The average Bonchev–Trinajstić information content (AvgIpc) is 3.33. The first-order valence-corrected chi connectivity index (χ1v) is 12.2. The molecule has 0 fully saturated rings. The summed E-state index contributed by atoms with van der Waals surface area (Å²) in [6.07, 6.45) is 1.87. The lowest BCUT2D eigenvalue weighted by molar-refractivity contribution is 0.664. The van der Waals surface area contributed by atoms with Crippen molar-refractivity contribution in [1.82, 2.24) is 9.55 Å². The predicted molar refractivity (Wildman–Crippen MR) is 146 cm³/mol. The van der Waals surface area contributed by atoms with E-state index >= 15 is 0 Å². The number of fused-ring (bicyclic) bond motifs is 7. The van der Waals surface area contributed by atoms with Crippen molar-refractivity contribution in [3.8, 4) is 28.1 Å². The first-order valence-electron chi connectivity index (χ1n) is 12.2. The van der Waals surface area contributed by atoms with Gasteiger partial charge in [-0.05, 0) is 71.1 Å². The molecule has 7 rings (SSSR count). The van der Waals surface area contributed by atoms with Gasteiger partial charge in [-0.3, -0.25) is 4.98 Å². The first-order chi connectivity index (χ1) is 17.0. The first kappa shape index (κ1) is 20.2. The molecule has 4 aromatic carbocycles. The van der Waals surface area contributed by atoms with Crippen LogP contribution in [0.1, 0.15) is 30.5 Å². The fourth-order valence-corrected chi connectivity index (χ4v) is 6.09. The Hall–Kier alpha value is -4.17. The minimum Gasteiger partial charge on any atom is -0.309 e. The second-order valence-corrected chi connectivity index (χ2v) is 10.2. The molecule has 1 aliphatic carbocycles. The molecule has 2 heteroatoms. The number of benzene rings is 4. The van der Waals surface area contributed by atoms with Crippen molar-refractivity contribution in [2.45, 2.75) is 26.2 Å². The van der Waals surface area contributed by atoms with Gasteiger partial charge in [-0.15, -0.1) is 0 Å². The maximum Gasteiger partial charge on any atom is 0.0702 e. The van der Waals surface area contributed by atoms with Crippen molar-refractivity contribution in [2.75, 3.05) is 0 Å². The van der Waals surface area contributed by atoms with E-state index in [9.17, 15) is 0 Å². The fraction of sp³-hybridized carbons (Fsp3) is 0.121. The van der Waals surface area contributed by atoms with Gasteiger partial charge >= 0.3 is 0 Å². The summed E-state index contributed by atoms with van der Waals surface area (Å²) in [5.41, 5.74) is 12.5. The van der Waals surface area contributed by atoms with Crippen molar-refractivity contribution in [1.29, 1.82) is 0 Å². The summed E-state index contributed by atoms with van der Waals surface area (Å²) in [6, 6.07) is 35.3. The van der Waals surface area contributed by atoms with Crippen molar-refractivity contribution in [3.05, 3.63) is 120 Å². The number of rotatable bonds is 2. The van der Waals surface area contributed by atoms with Crippen LogP contribution in [-0.2, 0) is 5.41 Å². The van der Waals surface area contributed by atoms with Crippen molar-refractivity contribution in [2.24, 2.45) is 0 Å². The van der Waals surface area contributed by atoms with E-state index in [0.717, 1.165) is 11.3 Å². The molecular formula is C33H26N2. The molecule has 0 saturated heterocycles. The van der Waals surface area contributed by atoms with E-state index in [4.69, 9.17) is 0 Å². The third-order valence-electron chi connectivity index (χ3n) is 7.67. The van der Waals surface area contributed by atoms with Gasteiger partial charge in [0.2, 0.25) is 0 Å². The van der Waals surface area contributed by atoms with Crippen LogP contribution in [0.3, 0.4) is 0 Å². The lowest BCUT2D eigenvalue weighted by atomic mass is 9.81. The monoisotopic (exact) mass is 450 g/mol. The van der Waals surface area contributed by atoms with Crippen LogP contribution in [0.4, 0.5) is 0 Å². The van der Waals surface area contributed by atoms with E-state index in [2.05, 4.69) is 121 Å². The summed E-state index contributed by atoms with van der Waals surface area (Å²) in [5, 5.41) is 2.61. The zero-order valence-corrected chi connectivity index (χ0v) is 20.2. The maximum atomic E-state index is 4.60. The van der Waals surface area contributed by atoms with E-state index < -0.39 is 0 Å². The van der Waals surface area contributed by atoms with Crippen LogP contribution in [0.5, 0.6) is 0 Å². The van der Waals surface area contributed by atoms with E-state index in [1.165, 1.54) is 55.3 Å². The summed E-state index contributed by atoms with van der Waals surface area (Å²) in [4.78, 5) is 4.60. The van der Waals surface area contributed by atoms with Crippen LogP contribution >= 0.6 is 0 Å². The van der Waals surface area contributed by atoms with Crippen molar-refractivity contribution in [3.63, 3.8) is 0 Å². The van der Waals surface area contributed by atoms with E-state index in [1.807, 2.05) is 12.3 Å². The van der Waals surface area contributed by atoms with Gasteiger partial charge in [0.25, 0.3) is 0 Å². The Labute approximate surface area is 205 Å². The third-order valence-corrected chi connectivity index (χ3v) is 7.67. The Morgan fingerprint density at radius 2 is 1.57 bits per heavy atom. The number of pyridine rings is 1. The SMILES string of the molecule is Cc1cccc(-n2c3ccccc3c3ccc4c(c32)C(C)(C)c2ccc(-c3ccccn3)cc2-4)c1. The van der Waals surface area contributed by atoms with E-state index in [0.29, 0.717) is 0 Å². The highest BCUT2D eigenvalue weighted by Crippen LogP contribution is 2.53. The van der Waals surface area contributed by atoms with Crippen LogP contribution in [0.15, 0.2) is 103 Å². The van der Waals surface area contributed by atoms with Crippen LogP contribution in [-0.4, -0.2) is 9.55 Å².